The lowest BCUT2D eigenvalue weighted by atomic mass is 9.59. The summed E-state index contributed by atoms with van der Waals surface area (Å²) in [5, 5.41) is 0. The van der Waals surface area contributed by atoms with E-state index in [9.17, 15) is 0 Å². The second kappa shape index (κ2) is 14.7. The van der Waals surface area contributed by atoms with Gasteiger partial charge in [-0.1, -0.05) is 63.3 Å². The Morgan fingerprint density at radius 3 is 1.38 bits per heavy atom. The van der Waals surface area contributed by atoms with Crippen molar-refractivity contribution in [2.45, 2.75) is 111 Å². The van der Waals surface area contributed by atoms with Crippen molar-refractivity contribution >= 4 is 11.4 Å². The number of ether oxygens (including phenoxy) is 2. The summed E-state index contributed by atoms with van der Waals surface area (Å²) < 4.78 is 12.9. The van der Waals surface area contributed by atoms with E-state index in [1.807, 2.05) is 48.5 Å². The van der Waals surface area contributed by atoms with Gasteiger partial charge in [-0.2, -0.15) is 0 Å². The van der Waals surface area contributed by atoms with Crippen LogP contribution in [0.15, 0.2) is 72.8 Å². The van der Waals surface area contributed by atoms with Crippen molar-refractivity contribution in [1.29, 1.82) is 0 Å². The van der Waals surface area contributed by atoms with Crippen LogP contribution in [-0.2, 0) is 5.41 Å². The Balaban J connectivity index is 1.31. The maximum absolute atomic E-state index is 6.44. The van der Waals surface area contributed by atoms with Crippen LogP contribution in [0.3, 0.4) is 0 Å². The number of hydrogen-bond donors (Lipinski definition) is 2. The Morgan fingerprint density at radius 1 is 0.583 bits per heavy atom. The van der Waals surface area contributed by atoms with Crippen molar-refractivity contribution in [3.63, 3.8) is 0 Å². The van der Waals surface area contributed by atoms with Crippen LogP contribution in [0.25, 0.3) is 0 Å². The van der Waals surface area contributed by atoms with Crippen LogP contribution in [0.2, 0.25) is 0 Å². The van der Waals surface area contributed by atoms with E-state index >= 15 is 0 Å². The number of hydrogen-bond acceptors (Lipinski definition) is 4. The van der Waals surface area contributed by atoms with E-state index in [4.69, 9.17) is 20.9 Å². The van der Waals surface area contributed by atoms with Crippen molar-refractivity contribution < 1.29 is 9.47 Å². The monoisotopic (exact) mass is 644 g/mol. The number of benzene rings is 4. The molecule has 254 valence electrons. The average molecular weight is 645 g/mol. The fourth-order valence-electron chi connectivity index (χ4n) is 8.87. The van der Waals surface area contributed by atoms with E-state index in [1.54, 1.807) is 0 Å². The number of anilines is 2. The van der Waals surface area contributed by atoms with Crippen LogP contribution in [-0.4, -0.2) is 0 Å². The molecule has 4 N–H and O–H groups in total. The Bertz CT molecular complexity index is 1520. The molecule has 0 spiro atoms. The molecular weight excluding hydrogens is 588 g/mol. The summed E-state index contributed by atoms with van der Waals surface area (Å²) in [4.78, 5) is 0. The first-order chi connectivity index (χ1) is 23.1. The quantitative estimate of drug-likeness (QED) is 0.169. The predicted molar refractivity (Wildman–Crippen MR) is 201 cm³/mol. The fourth-order valence-corrected chi connectivity index (χ4v) is 8.87. The molecule has 0 amide bonds. The van der Waals surface area contributed by atoms with Crippen molar-refractivity contribution in [2.24, 2.45) is 17.8 Å². The minimum absolute atomic E-state index is 0.0562. The first-order valence-electron chi connectivity index (χ1n) is 18.5. The van der Waals surface area contributed by atoms with E-state index in [-0.39, 0.29) is 5.41 Å². The summed E-state index contributed by atoms with van der Waals surface area (Å²) >= 11 is 0. The molecule has 0 aliphatic heterocycles. The minimum Gasteiger partial charge on any atom is -0.457 e. The van der Waals surface area contributed by atoms with E-state index in [0.717, 1.165) is 52.1 Å². The van der Waals surface area contributed by atoms with Crippen molar-refractivity contribution in [3.8, 4) is 23.0 Å². The van der Waals surface area contributed by atoms with E-state index in [2.05, 4.69) is 58.9 Å². The normalized spacial score (nSPS) is 19.6. The molecule has 4 aromatic carbocycles. The van der Waals surface area contributed by atoms with Crippen LogP contribution in [0.1, 0.15) is 111 Å². The van der Waals surface area contributed by atoms with Gasteiger partial charge in [-0.05, 0) is 166 Å². The Morgan fingerprint density at radius 2 is 0.979 bits per heavy atom. The van der Waals surface area contributed by atoms with E-state index < -0.39 is 0 Å². The first kappa shape index (κ1) is 34.0. The highest BCUT2D eigenvalue weighted by molar-refractivity contribution is 5.55. The van der Waals surface area contributed by atoms with Crippen molar-refractivity contribution in [3.05, 3.63) is 106 Å². The zero-order chi connectivity index (χ0) is 33.8. The van der Waals surface area contributed by atoms with Crippen molar-refractivity contribution in [1.82, 2.24) is 0 Å². The molecule has 4 nitrogen and oxygen atoms in total. The zero-order valence-electron chi connectivity index (χ0n) is 29.9. The Labute approximate surface area is 289 Å². The average Bonchev–Trinajstić information content (AvgIpc) is 3.09. The molecule has 0 unspecified atom stereocenters. The highest BCUT2D eigenvalue weighted by Crippen LogP contribution is 2.52. The standard InChI is InChI=1S/C44H56N2O2/c1-6-7-8-33-9-11-34(12-10-33)35-21-23-44(24-22-35,36-25-29(2)42(30(3)26-36)47-40-17-13-38(45)14-18-40)37-27-31(4)43(32(5)28-37)48-41-19-15-39(46)16-20-41/h13-20,25-28,33-35H,6-12,21-24,45-46H2,1-5H3/t33-,34+. The second-order valence-electron chi connectivity index (χ2n) is 15.1. The van der Waals surface area contributed by atoms with Gasteiger partial charge >= 0.3 is 0 Å². The molecule has 0 atom stereocenters. The molecule has 0 heterocycles. The van der Waals surface area contributed by atoms with Gasteiger partial charge in [0.2, 0.25) is 0 Å². The summed E-state index contributed by atoms with van der Waals surface area (Å²) in [6, 6.07) is 25.0. The molecule has 0 aromatic heterocycles. The summed E-state index contributed by atoms with van der Waals surface area (Å²) in [5.74, 6) is 6.17. The summed E-state index contributed by atoms with van der Waals surface area (Å²) in [7, 11) is 0. The van der Waals surface area contributed by atoms with Crippen molar-refractivity contribution in [2.75, 3.05) is 11.5 Å². The molecule has 2 aliphatic rings. The maximum Gasteiger partial charge on any atom is 0.133 e. The minimum atomic E-state index is -0.0562. The lowest BCUT2D eigenvalue weighted by molar-refractivity contribution is 0.140. The van der Waals surface area contributed by atoms with Gasteiger partial charge in [0.1, 0.15) is 23.0 Å². The van der Waals surface area contributed by atoms with Gasteiger partial charge in [0.05, 0.1) is 0 Å². The largest absolute Gasteiger partial charge is 0.457 e. The molecule has 2 saturated carbocycles. The number of aryl methyl sites for hydroxylation is 4. The number of nitrogen functional groups attached to an aromatic ring is 2. The topological polar surface area (TPSA) is 70.5 Å². The zero-order valence-corrected chi connectivity index (χ0v) is 29.9. The molecular formula is C44H56N2O2. The van der Waals surface area contributed by atoms with Gasteiger partial charge in [-0.25, -0.2) is 0 Å². The Hall–Kier alpha value is -3.92. The number of rotatable bonds is 10. The lowest BCUT2D eigenvalue weighted by Gasteiger charge is -2.45. The third kappa shape index (κ3) is 7.38. The van der Waals surface area contributed by atoms with Gasteiger partial charge in [-0.15, -0.1) is 0 Å². The van der Waals surface area contributed by atoms with Gasteiger partial charge in [0, 0.05) is 16.8 Å². The van der Waals surface area contributed by atoms with Crippen LogP contribution >= 0.6 is 0 Å². The molecule has 48 heavy (non-hydrogen) atoms. The molecule has 0 bridgehead atoms. The SMILES string of the molecule is CCCC[C@H]1CC[C@@H](C2CCC(c3cc(C)c(Oc4ccc(N)cc4)c(C)c3)(c3cc(C)c(Oc4ccc(N)cc4)c(C)c3)CC2)CC1. The fraction of sp³-hybridized carbons (Fsp3) is 0.455. The number of nitrogens with two attached hydrogens (primary N) is 2. The Kier molecular flexibility index (Phi) is 10.4. The molecule has 0 radical (unpaired) electrons. The summed E-state index contributed by atoms with van der Waals surface area (Å²) in [5.41, 5.74) is 20.8. The highest BCUT2D eigenvalue weighted by Gasteiger charge is 2.42. The van der Waals surface area contributed by atoms with E-state index in [0.29, 0.717) is 0 Å². The van der Waals surface area contributed by atoms with Gasteiger partial charge < -0.3 is 20.9 Å². The molecule has 6 rings (SSSR count). The second-order valence-corrected chi connectivity index (χ2v) is 15.1. The van der Waals surface area contributed by atoms with Crippen LogP contribution < -0.4 is 20.9 Å². The first-order valence-corrected chi connectivity index (χ1v) is 18.5. The molecule has 0 saturated heterocycles. The number of unbranched alkanes of at least 4 members (excludes halogenated alkanes) is 1. The molecule has 2 fully saturated rings. The van der Waals surface area contributed by atoms with Gasteiger partial charge in [0.25, 0.3) is 0 Å². The third-order valence-corrected chi connectivity index (χ3v) is 11.6. The predicted octanol–water partition coefficient (Wildman–Crippen LogP) is 12.1. The van der Waals surface area contributed by atoms with Crippen LogP contribution in [0, 0.1) is 45.4 Å². The van der Waals surface area contributed by atoms with E-state index in [1.165, 1.54) is 104 Å². The van der Waals surface area contributed by atoms with Crippen LogP contribution in [0.5, 0.6) is 23.0 Å². The van der Waals surface area contributed by atoms with Gasteiger partial charge in [-0.3, -0.25) is 0 Å². The molecule has 4 aromatic rings. The van der Waals surface area contributed by atoms with Crippen LogP contribution in [0.4, 0.5) is 11.4 Å². The molecule has 4 heteroatoms. The highest BCUT2D eigenvalue weighted by atomic mass is 16.5. The smallest absolute Gasteiger partial charge is 0.133 e. The summed E-state index contributed by atoms with van der Waals surface area (Å²) in [6.07, 6.45) is 14.8. The molecule has 2 aliphatic carbocycles. The lowest BCUT2D eigenvalue weighted by Crippen LogP contribution is -2.36. The maximum atomic E-state index is 6.44. The third-order valence-electron chi connectivity index (χ3n) is 11.6. The van der Waals surface area contributed by atoms with Gasteiger partial charge in [0.15, 0.2) is 0 Å². The summed E-state index contributed by atoms with van der Waals surface area (Å²) in [6.45, 7) is 11.1.